The molecule has 1 aliphatic heterocycles. The molecule has 140 valence electrons. The highest BCUT2D eigenvalue weighted by Gasteiger charge is 2.57. The van der Waals surface area contributed by atoms with Gasteiger partial charge in [-0.15, -0.1) is 0 Å². The summed E-state index contributed by atoms with van der Waals surface area (Å²) in [6.07, 6.45) is 6.34. The molecule has 0 bridgehead atoms. The van der Waals surface area contributed by atoms with E-state index in [9.17, 15) is 0 Å². The number of rotatable bonds is 2. The van der Waals surface area contributed by atoms with Crippen LogP contribution in [0.2, 0.25) is 0 Å². The molecule has 4 unspecified atom stereocenters. The van der Waals surface area contributed by atoms with Gasteiger partial charge in [0, 0.05) is 24.7 Å². The van der Waals surface area contributed by atoms with Crippen molar-refractivity contribution >= 4 is 0 Å². The van der Waals surface area contributed by atoms with Crippen molar-refractivity contribution in [2.75, 3.05) is 0 Å². The minimum absolute atomic E-state index is 0.282. The molecule has 0 radical (unpaired) electrons. The Balaban J connectivity index is 1.71. The van der Waals surface area contributed by atoms with Gasteiger partial charge in [-0.1, -0.05) is 41.5 Å². The van der Waals surface area contributed by atoms with E-state index in [-0.39, 0.29) is 11.8 Å². The third-order valence-electron chi connectivity index (χ3n) is 7.07. The summed E-state index contributed by atoms with van der Waals surface area (Å²) in [7, 11) is 0. The zero-order valence-electron chi connectivity index (χ0n) is 16.3. The molecule has 0 N–H and O–H groups in total. The Morgan fingerprint density at radius 1 is 0.625 bits per heavy atom. The molecule has 24 heavy (non-hydrogen) atoms. The van der Waals surface area contributed by atoms with E-state index in [4.69, 9.17) is 19.6 Å². The number of hydrogen-bond donors (Lipinski definition) is 0. The van der Waals surface area contributed by atoms with E-state index in [1.54, 1.807) is 0 Å². The van der Waals surface area contributed by atoms with Gasteiger partial charge in [0.15, 0.2) is 0 Å². The SMILES string of the molecule is CC(C)C1CCC(C)C2(C1)OOC1(CC(C(C)C)CCC1C)OO2. The Labute approximate surface area is 147 Å². The van der Waals surface area contributed by atoms with E-state index in [1.807, 2.05) is 0 Å². The summed E-state index contributed by atoms with van der Waals surface area (Å²) in [5.41, 5.74) is 0. The van der Waals surface area contributed by atoms with Crippen molar-refractivity contribution in [2.45, 2.75) is 91.6 Å². The first-order valence-electron chi connectivity index (χ1n) is 10.0. The van der Waals surface area contributed by atoms with Gasteiger partial charge >= 0.3 is 0 Å². The van der Waals surface area contributed by atoms with Crippen molar-refractivity contribution in [2.24, 2.45) is 35.5 Å². The fourth-order valence-corrected chi connectivity index (χ4v) is 4.62. The molecule has 0 aromatic heterocycles. The molecule has 4 heteroatoms. The van der Waals surface area contributed by atoms with Gasteiger partial charge in [0.1, 0.15) is 0 Å². The standard InChI is InChI=1S/C20H36O4/c1-13(2)17-9-7-15(5)19(11-17)21-23-20(24-22-19)12-18(14(3)4)10-8-16(20)6/h13-18H,7-12H2,1-6H3. The molecule has 1 heterocycles. The first-order valence-corrected chi connectivity index (χ1v) is 10.0. The Morgan fingerprint density at radius 2 is 0.958 bits per heavy atom. The first kappa shape index (κ1) is 18.6. The molecule has 3 rings (SSSR count). The van der Waals surface area contributed by atoms with Gasteiger partial charge in [-0.3, -0.25) is 0 Å². The van der Waals surface area contributed by atoms with Crippen molar-refractivity contribution in [1.82, 2.24) is 0 Å². The zero-order chi connectivity index (χ0) is 17.5. The van der Waals surface area contributed by atoms with Crippen molar-refractivity contribution < 1.29 is 19.6 Å². The molecule has 2 aliphatic carbocycles. The van der Waals surface area contributed by atoms with Crippen LogP contribution >= 0.6 is 0 Å². The van der Waals surface area contributed by atoms with Crippen LogP contribution in [-0.2, 0) is 19.6 Å². The van der Waals surface area contributed by atoms with Crippen LogP contribution in [0.3, 0.4) is 0 Å². The Hall–Kier alpha value is -0.160. The quantitative estimate of drug-likeness (QED) is 0.624. The highest BCUT2D eigenvalue weighted by atomic mass is 17.4. The summed E-state index contributed by atoms with van der Waals surface area (Å²) in [5.74, 6) is 1.53. The summed E-state index contributed by atoms with van der Waals surface area (Å²) in [5, 5.41) is 0. The van der Waals surface area contributed by atoms with E-state index < -0.39 is 11.6 Å². The molecule has 2 spiro atoms. The highest BCUT2D eigenvalue weighted by Crippen LogP contribution is 2.51. The Morgan fingerprint density at radius 3 is 1.25 bits per heavy atom. The highest BCUT2D eigenvalue weighted by molar-refractivity contribution is 4.90. The third-order valence-corrected chi connectivity index (χ3v) is 7.07. The molecular weight excluding hydrogens is 304 g/mol. The summed E-state index contributed by atoms with van der Waals surface area (Å²) in [6.45, 7) is 13.5. The maximum Gasteiger partial charge on any atom is 0.237 e. The topological polar surface area (TPSA) is 36.9 Å². The van der Waals surface area contributed by atoms with Crippen molar-refractivity contribution in [3.05, 3.63) is 0 Å². The van der Waals surface area contributed by atoms with Gasteiger partial charge in [0.05, 0.1) is 0 Å². The second kappa shape index (κ2) is 6.86. The minimum Gasteiger partial charge on any atom is -0.195 e. The Bertz CT molecular complexity index is 385. The normalized spacial score (nSPS) is 47.0. The van der Waals surface area contributed by atoms with Crippen LogP contribution in [-0.4, -0.2) is 11.6 Å². The zero-order valence-corrected chi connectivity index (χ0v) is 16.3. The van der Waals surface area contributed by atoms with Gasteiger partial charge in [-0.2, -0.15) is 19.6 Å². The average molecular weight is 341 g/mol. The minimum atomic E-state index is -0.733. The molecule has 3 fully saturated rings. The molecule has 3 aliphatic rings. The molecule has 0 aromatic rings. The predicted octanol–water partition coefficient (Wildman–Crippen LogP) is 5.47. The van der Waals surface area contributed by atoms with E-state index in [1.165, 1.54) is 12.8 Å². The van der Waals surface area contributed by atoms with Crippen LogP contribution in [0, 0.1) is 35.5 Å². The van der Waals surface area contributed by atoms with Crippen molar-refractivity contribution in [1.29, 1.82) is 0 Å². The van der Waals surface area contributed by atoms with Gasteiger partial charge in [-0.25, -0.2) is 0 Å². The molecule has 4 atom stereocenters. The van der Waals surface area contributed by atoms with Crippen LogP contribution in [0.15, 0.2) is 0 Å². The van der Waals surface area contributed by atoms with E-state index in [2.05, 4.69) is 41.5 Å². The predicted molar refractivity (Wildman–Crippen MR) is 92.5 cm³/mol. The summed E-state index contributed by atoms with van der Waals surface area (Å²) in [4.78, 5) is 24.2. The van der Waals surface area contributed by atoms with Crippen LogP contribution < -0.4 is 0 Å². The molecule has 2 saturated carbocycles. The fourth-order valence-electron chi connectivity index (χ4n) is 4.62. The molecular formula is C20H36O4. The molecule has 1 saturated heterocycles. The lowest BCUT2D eigenvalue weighted by molar-refractivity contribution is -0.676. The monoisotopic (exact) mass is 340 g/mol. The van der Waals surface area contributed by atoms with Crippen LogP contribution in [0.4, 0.5) is 0 Å². The smallest absolute Gasteiger partial charge is 0.195 e. The van der Waals surface area contributed by atoms with Gasteiger partial charge < -0.3 is 0 Å². The van der Waals surface area contributed by atoms with Gasteiger partial charge in [0.25, 0.3) is 0 Å². The van der Waals surface area contributed by atoms with Gasteiger partial charge in [-0.05, 0) is 49.4 Å². The van der Waals surface area contributed by atoms with E-state index >= 15 is 0 Å². The van der Waals surface area contributed by atoms with E-state index in [0.717, 1.165) is 25.7 Å². The first-order chi connectivity index (χ1) is 11.3. The summed E-state index contributed by atoms with van der Waals surface area (Å²) in [6, 6.07) is 0. The molecule has 4 nitrogen and oxygen atoms in total. The molecule has 0 aromatic carbocycles. The average Bonchev–Trinajstić information content (AvgIpc) is 2.55. The maximum atomic E-state index is 6.04. The second-order valence-electron chi connectivity index (χ2n) is 9.33. The van der Waals surface area contributed by atoms with Crippen molar-refractivity contribution in [3.63, 3.8) is 0 Å². The van der Waals surface area contributed by atoms with Gasteiger partial charge in [0.2, 0.25) is 11.6 Å². The Kier molecular flexibility index (Phi) is 5.33. The maximum absolute atomic E-state index is 6.04. The van der Waals surface area contributed by atoms with E-state index in [0.29, 0.717) is 23.7 Å². The summed E-state index contributed by atoms with van der Waals surface area (Å²) < 4.78 is 0. The second-order valence-corrected chi connectivity index (χ2v) is 9.33. The van der Waals surface area contributed by atoms with Crippen LogP contribution in [0.1, 0.15) is 80.1 Å². The van der Waals surface area contributed by atoms with Crippen LogP contribution in [0.25, 0.3) is 0 Å². The number of hydrogen-bond acceptors (Lipinski definition) is 4. The lowest BCUT2D eigenvalue weighted by Gasteiger charge is -2.52. The third kappa shape index (κ3) is 3.27. The fraction of sp³-hybridized carbons (Fsp3) is 1.00. The van der Waals surface area contributed by atoms with Crippen molar-refractivity contribution in [3.8, 4) is 0 Å². The van der Waals surface area contributed by atoms with Crippen LogP contribution in [0.5, 0.6) is 0 Å². The lowest BCUT2D eigenvalue weighted by Crippen LogP contribution is -2.59. The lowest BCUT2D eigenvalue weighted by atomic mass is 9.73. The largest absolute Gasteiger partial charge is 0.237 e. The molecule has 0 amide bonds. The summed E-state index contributed by atoms with van der Waals surface area (Å²) >= 11 is 0.